The van der Waals surface area contributed by atoms with E-state index in [2.05, 4.69) is 5.32 Å². The molecule has 1 amide bonds. The van der Waals surface area contributed by atoms with Crippen LogP contribution < -0.4 is 11.1 Å². The van der Waals surface area contributed by atoms with E-state index in [0.717, 1.165) is 5.56 Å². The molecule has 3 N–H and O–H groups in total. The standard InChI is InChI=1S/C8H12N2O2/c1-6-4-7(12-5-6)8(11)10-3-2-9/h4-5H,2-3,9H2,1H3,(H,10,11). The maximum Gasteiger partial charge on any atom is 0.287 e. The summed E-state index contributed by atoms with van der Waals surface area (Å²) < 4.78 is 4.97. The number of aryl methyl sites for hydroxylation is 1. The molecule has 1 aromatic heterocycles. The van der Waals surface area contributed by atoms with E-state index in [1.807, 2.05) is 6.92 Å². The molecular formula is C8H12N2O2. The Hall–Kier alpha value is -1.29. The highest BCUT2D eigenvalue weighted by Crippen LogP contribution is 2.05. The second-order valence-electron chi connectivity index (χ2n) is 2.53. The van der Waals surface area contributed by atoms with Gasteiger partial charge in [-0.05, 0) is 18.6 Å². The van der Waals surface area contributed by atoms with E-state index in [1.54, 1.807) is 6.07 Å². The van der Waals surface area contributed by atoms with Crippen LogP contribution in [0.25, 0.3) is 0 Å². The first-order valence-electron chi connectivity index (χ1n) is 3.77. The zero-order valence-corrected chi connectivity index (χ0v) is 6.96. The first kappa shape index (κ1) is 8.80. The molecule has 0 aromatic carbocycles. The predicted molar refractivity (Wildman–Crippen MR) is 44.8 cm³/mol. The van der Waals surface area contributed by atoms with Crippen LogP contribution in [0, 0.1) is 6.92 Å². The number of nitrogens with two attached hydrogens (primary N) is 1. The lowest BCUT2D eigenvalue weighted by atomic mass is 10.3. The third-order valence-corrected chi connectivity index (χ3v) is 1.38. The minimum Gasteiger partial charge on any atom is -0.459 e. The van der Waals surface area contributed by atoms with Crippen molar-refractivity contribution in [1.29, 1.82) is 0 Å². The van der Waals surface area contributed by atoms with E-state index >= 15 is 0 Å². The van der Waals surface area contributed by atoms with Crippen molar-refractivity contribution < 1.29 is 9.21 Å². The predicted octanol–water partition coefficient (Wildman–Crippen LogP) is 0.277. The van der Waals surface area contributed by atoms with Crippen molar-refractivity contribution in [3.05, 3.63) is 23.7 Å². The molecule has 12 heavy (non-hydrogen) atoms. The van der Waals surface area contributed by atoms with Crippen LogP contribution in [0.3, 0.4) is 0 Å². The summed E-state index contributed by atoms with van der Waals surface area (Å²) >= 11 is 0. The lowest BCUT2D eigenvalue weighted by Gasteiger charge is -1.98. The summed E-state index contributed by atoms with van der Waals surface area (Å²) in [5.41, 5.74) is 6.15. The largest absolute Gasteiger partial charge is 0.459 e. The summed E-state index contributed by atoms with van der Waals surface area (Å²) in [6, 6.07) is 1.69. The van der Waals surface area contributed by atoms with Crippen molar-refractivity contribution in [3.63, 3.8) is 0 Å². The van der Waals surface area contributed by atoms with Crippen LogP contribution >= 0.6 is 0 Å². The van der Waals surface area contributed by atoms with E-state index < -0.39 is 0 Å². The lowest BCUT2D eigenvalue weighted by molar-refractivity contribution is 0.0927. The SMILES string of the molecule is Cc1coc(C(=O)NCCN)c1. The number of hydrogen-bond acceptors (Lipinski definition) is 3. The molecule has 66 valence electrons. The minimum absolute atomic E-state index is 0.214. The smallest absolute Gasteiger partial charge is 0.287 e. The summed E-state index contributed by atoms with van der Waals surface area (Å²) in [5.74, 6) is 0.120. The van der Waals surface area contributed by atoms with Gasteiger partial charge in [0.25, 0.3) is 5.91 Å². The molecule has 0 unspecified atom stereocenters. The number of amides is 1. The van der Waals surface area contributed by atoms with Crippen LogP contribution in [0.15, 0.2) is 16.7 Å². The van der Waals surface area contributed by atoms with Gasteiger partial charge in [-0.3, -0.25) is 4.79 Å². The Morgan fingerprint density at radius 1 is 1.75 bits per heavy atom. The van der Waals surface area contributed by atoms with Crippen molar-refractivity contribution in [2.24, 2.45) is 5.73 Å². The number of furan rings is 1. The summed E-state index contributed by atoms with van der Waals surface area (Å²) in [5, 5.41) is 2.60. The lowest BCUT2D eigenvalue weighted by Crippen LogP contribution is -2.28. The summed E-state index contributed by atoms with van der Waals surface area (Å²) in [4.78, 5) is 11.2. The maximum absolute atomic E-state index is 11.2. The van der Waals surface area contributed by atoms with Gasteiger partial charge in [-0.15, -0.1) is 0 Å². The highest BCUT2D eigenvalue weighted by atomic mass is 16.3. The van der Waals surface area contributed by atoms with E-state index in [4.69, 9.17) is 10.2 Å². The van der Waals surface area contributed by atoms with Gasteiger partial charge in [0.1, 0.15) is 0 Å². The van der Waals surface area contributed by atoms with Crippen LogP contribution in [0.2, 0.25) is 0 Å². The first-order chi connectivity index (χ1) is 5.74. The monoisotopic (exact) mass is 168 g/mol. The number of carbonyl (C=O) groups excluding carboxylic acids is 1. The van der Waals surface area contributed by atoms with E-state index in [-0.39, 0.29) is 5.91 Å². The molecule has 0 radical (unpaired) electrons. The van der Waals surface area contributed by atoms with Crippen LogP contribution in [-0.4, -0.2) is 19.0 Å². The molecule has 1 heterocycles. The maximum atomic E-state index is 11.2. The molecule has 0 saturated heterocycles. The zero-order chi connectivity index (χ0) is 8.97. The van der Waals surface area contributed by atoms with Crippen LogP contribution in [-0.2, 0) is 0 Å². The van der Waals surface area contributed by atoms with Gasteiger partial charge < -0.3 is 15.5 Å². The zero-order valence-electron chi connectivity index (χ0n) is 6.96. The Morgan fingerprint density at radius 2 is 2.50 bits per heavy atom. The molecule has 0 saturated carbocycles. The quantitative estimate of drug-likeness (QED) is 0.681. The second-order valence-corrected chi connectivity index (χ2v) is 2.53. The van der Waals surface area contributed by atoms with Crippen molar-refractivity contribution in [2.45, 2.75) is 6.92 Å². The van der Waals surface area contributed by atoms with Crippen molar-refractivity contribution in [1.82, 2.24) is 5.32 Å². The molecule has 0 atom stereocenters. The highest BCUT2D eigenvalue weighted by Gasteiger charge is 2.07. The van der Waals surface area contributed by atoms with Gasteiger partial charge in [0.05, 0.1) is 6.26 Å². The van der Waals surface area contributed by atoms with Gasteiger partial charge in [-0.2, -0.15) is 0 Å². The molecule has 4 nitrogen and oxygen atoms in total. The summed E-state index contributed by atoms with van der Waals surface area (Å²) in [6.07, 6.45) is 1.54. The number of rotatable bonds is 3. The van der Waals surface area contributed by atoms with E-state index in [9.17, 15) is 4.79 Å². The average molecular weight is 168 g/mol. The van der Waals surface area contributed by atoms with Gasteiger partial charge >= 0.3 is 0 Å². The van der Waals surface area contributed by atoms with Crippen LogP contribution in [0.4, 0.5) is 0 Å². The van der Waals surface area contributed by atoms with Gasteiger partial charge in [-0.25, -0.2) is 0 Å². The molecule has 0 aliphatic heterocycles. The fourth-order valence-electron chi connectivity index (χ4n) is 0.823. The molecule has 0 aliphatic rings. The van der Waals surface area contributed by atoms with Crippen LogP contribution in [0.1, 0.15) is 16.1 Å². The first-order valence-corrected chi connectivity index (χ1v) is 3.77. The average Bonchev–Trinajstić information content (AvgIpc) is 2.47. The molecule has 0 fully saturated rings. The minimum atomic E-state index is -0.214. The molecule has 0 aliphatic carbocycles. The van der Waals surface area contributed by atoms with E-state index in [0.29, 0.717) is 18.8 Å². The Bertz CT molecular complexity index is 268. The summed E-state index contributed by atoms with van der Waals surface area (Å²) in [7, 11) is 0. The third kappa shape index (κ3) is 2.10. The van der Waals surface area contributed by atoms with Gasteiger partial charge in [0, 0.05) is 13.1 Å². The van der Waals surface area contributed by atoms with Crippen molar-refractivity contribution >= 4 is 5.91 Å². The van der Waals surface area contributed by atoms with Crippen molar-refractivity contribution in [3.8, 4) is 0 Å². The molecule has 1 rings (SSSR count). The molecule has 1 aromatic rings. The molecular weight excluding hydrogens is 156 g/mol. The topological polar surface area (TPSA) is 68.3 Å². The number of carbonyl (C=O) groups is 1. The van der Waals surface area contributed by atoms with Crippen molar-refractivity contribution in [2.75, 3.05) is 13.1 Å². The molecule has 0 spiro atoms. The third-order valence-electron chi connectivity index (χ3n) is 1.38. The molecule has 4 heteroatoms. The van der Waals surface area contributed by atoms with Crippen LogP contribution in [0.5, 0.6) is 0 Å². The number of hydrogen-bond donors (Lipinski definition) is 2. The van der Waals surface area contributed by atoms with Gasteiger partial charge in [0.2, 0.25) is 0 Å². The molecule has 0 bridgehead atoms. The Kier molecular flexibility index (Phi) is 2.88. The number of nitrogens with one attached hydrogen (secondary N) is 1. The Labute approximate surface area is 70.7 Å². The normalized spacial score (nSPS) is 9.83. The second kappa shape index (κ2) is 3.92. The Balaban J connectivity index is 2.53. The fourth-order valence-corrected chi connectivity index (χ4v) is 0.823. The Morgan fingerprint density at radius 3 is 3.00 bits per heavy atom. The van der Waals surface area contributed by atoms with Gasteiger partial charge in [0.15, 0.2) is 5.76 Å². The van der Waals surface area contributed by atoms with Gasteiger partial charge in [-0.1, -0.05) is 0 Å². The highest BCUT2D eigenvalue weighted by molar-refractivity contribution is 5.91. The fraction of sp³-hybridized carbons (Fsp3) is 0.375. The summed E-state index contributed by atoms with van der Waals surface area (Å²) in [6.45, 7) is 2.77. The van der Waals surface area contributed by atoms with E-state index in [1.165, 1.54) is 6.26 Å².